The molecule has 4 rings (SSSR count). The Morgan fingerprint density at radius 1 is 0.778 bits per heavy atom. The molecule has 1 nitrogen and oxygen atoms in total. The van der Waals surface area contributed by atoms with E-state index in [9.17, 15) is 4.39 Å². The molecule has 134 valence electrons. The standard InChI is InChI=1S/C25H23FN/c1-16-10-11-21-20(12-16)14-18(3)27(4)25(21)22-15-23(24(26)13-17(22)2)19-8-6-5-7-9-19/h5-15H,1-4H3/q+1. The first-order valence-corrected chi connectivity index (χ1v) is 9.21. The molecule has 0 aliphatic heterocycles. The maximum Gasteiger partial charge on any atom is 0.220 e. The maximum atomic E-state index is 14.8. The predicted molar refractivity (Wildman–Crippen MR) is 110 cm³/mol. The molecule has 0 atom stereocenters. The van der Waals surface area contributed by atoms with Crippen LogP contribution in [0.25, 0.3) is 33.2 Å². The second-order valence-electron chi connectivity index (χ2n) is 7.30. The Bertz CT molecular complexity index is 1160. The van der Waals surface area contributed by atoms with E-state index >= 15 is 0 Å². The minimum Gasteiger partial charge on any atom is -0.206 e. The zero-order valence-corrected chi connectivity index (χ0v) is 16.2. The molecule has 0 radical (unpaired) electrons. The zero-order valence-electron chi connectivity index (χ0n) is 16.2. The van der Waals surface area contributed by atoms with E-state index in [1.54, 1.807) is 6.07 Å². The second kappa shape index (κ2) is 6.62. The first-order valence-electron chi connectivity index (χ1n) is 9.21. The normalized spacial score (nSPS) is 11.1. The van der Waals surface area contributed by atoms with Gasteiger partial charge in [-0.2, -0.15) is 4.57 Å². The highest BCUT2D eigenvalue weighted by atomic mass is 19.1. The molecule has 0 aliphatic rings. The van der Waals surface area contributed by atoms with Crippen molar-refractivity contribution < 1.29 is 8.96 Å². The minimum absolute atomic E-state index is 0.182. The van der Waals surface area contributed by atoms with Gasteiger partial charge in [0, 0.05) is 18.6 Å². The molecule has 2 heteroatoms. The van der Waals surface area contributed by atoms with E-state index in [4.69, 9.17) is 0 Å². The lowest BCUT2D eigenvalue weighted by Crippen LogP contribution is -2.35. The third-order valence-corrected chi connectivity index (χ3v) is 5.35. The Balaban J connectivity index is 2.06. The number of halogens is 1. The first kappa shape index (κ1) is 17.4. The van der Waals surface area contributed by atoms with Crippen LogP contribution in [-0.4, -0.2) is 0 Å². The number of hydrogen-bond acceptors (Lipinski definition) is 0. The largest absolute Gasteiger partial charge is 0.220 e. The molecule has 0 N–H and O–H groups in total. The van der Waals surface area contributed by atoms with Gasteiger partial charge in [0.1, 0.15) is 12.9 Å². The Kier molecular flexibility index (Phi) is 4.27. The van der Waals surface area contributed by atoms with Gasteiger partial charge in [-0.1, -0.05) is 48.0 Å². The van der Waals surface area contributed by atoms with Gasteiger partial charge in [-0.25, -0.2) is 4.39 Å². The molecule has 27 heavy (non-hydrogen) atoms. The highest BCUT2D eigenvalue weighted by Crippen LogP contribution is 2.34. The SMILES string of the molecule is Cc1ccc2c(-c3cc(-c4ccccc4)c(F)cc3C)[n+](C)c(C)cc2c1. The van der Waals surface area contributed by atoms with E-state index < -0.39 is 0 Å². The van der Waals surface area contributed by atoms with Crippen molar-refractivity contribution in [3.05, 3.63) is 89.4 Å². The Morgan fingerprint density at radius 2 is 1.52 bits per heavy atom. The van der Waals surface area contributed by atoms with Crippen LogP contribution in [0.5, 0.6) is 0 Å². The molecule has 1 heterocycles. The van der Waals surface area contributed by atoms with Crippen LogP contribution >= 0.6 is 0 Å². The van der Waals surface area contributed by atoms with Crippen LogP contribution in [0, 0.1) is 26.6 Å². The van der Waals surface area contributed by atoms with Crippen molar-refractivity contribution in [1.29, 1.82) is 0 Å². The monoisotopic (exact) mass is 356 g/mol. The summed E-state index contributed by atoms with van der Waals surface area (Å²) in [4.78, 5) is 0. The third kappa shape index (κ3) is 3.02. The fourth-order valence-corrected chi connectivity index (χ4v) is 3.79. The van der Waals surface area contributed by atoms with Gasteiger partial charge < -0.3 is 0 Å². The molecule has 1 aromatic heterocycles. The van der Waals surface area contributed by atoms with Crippen LogP contribution in [0.3, 0.4) is 0 Å². The average molecular weight is 356 g/mol. The van der Waals surface area contributed by atoms with E-state index in [2.05, 4.69) is 49.7 Å². The van der Waals surface area contributed by atoms with Crippen LogP contribution in [0.4, 0.5) is 4.39 Å². The van der Waals surface area contributed by atoms with Crippen molar-refractivity contribution in [2.24, 2.45) is 7.05 Å². The molecule has 3 aromatic carbocycles. The van der Waals surface area contributed by atoms with Gasteiger partial charge in [0.15, 0.2) is 5.69 Å². The number of nitrogens with zero attached hydrogens (tertiary/aromatic N) is 1. The van der Waals surface area contributed by atoms with Crippen LogP contribution in [0.2, 0.25) is 0 Å². The summed E-state index contributed by atoms with van der Waals surface area (Å²) in [5, 5.41) is 2.40. The second-order valence-corrected chi connectivity index (χ2v) is 7.30. The van der Waals surface area contributed by atoms with E-state index in [1.165, 1.54) is 22.0 Å². The Morgan fingerprint density at radius 3 is 2.26 bits per heavy atom. The summed E-state index contributed by atoms with van der Waals surface area (Å²) < 4.78 is 17.0. The van der Waals surface area contributed by atoms with Gasteiger partial charge in [0.2, 0.25) is 5.69 Å². The lowest BCUT2D eigenvalue weighted by Gasteiger charge is -2.13. The summed E-state index contributed by atoms with van der Waals surface area (Å²) >= 11 is 0. The lowest BCUT2D eigenvalue weighted by atomic mass is 9.94. The van der Waals surface area contributed by atoms with E-state index in [0.717, 1.165) is 22.4 Å². The van der Waals surface area contributed by atoms with Crippen LogP contribution < -0.4 is 4.57 Å². The van der Waals surface area contributed by atoms with Crippen molar-refractivity contribution in [2.45, 2.75) is 20.8 Å². The molecule has 0 bridgehead atoms. The van der Waals surface area contributed by atoms with E-state index in [0.29, 0.717) is 5.56 Å². The zero-order chi connectivity index (χ0) is 19.1. The van der Waals surface area contributed by atoms with Gasteiger partial charge in [-0.15, -0.1) is 0 Å². The summed E-state index contributed by atoms with van der Waals surface area (Å²) in [6, 6.07) is 22.1. The van der Waals surface area contributed by atoms with E-state index in [-0.39, 0.29) is 5.82 Å². The molecule has 0 saturated heterocycles. The quantitative estimate of drug-likeness (QED) is 0.384. The van der Waals surface area contributed by atoms with Gasteiger partial charge >= 0.3 is 0 Å². The van der Waals surface area contributed by atoms with Crippen molar-refractivity contribution in [3.63, 3.8) is 0 Å². The Hall–Kier alpha value is -3.00. The van der Waals surface area contributed by atoms with Crippen molar-refractivity contribution >= 4 is 10.8 Å². The van der Waals surface area contributed by atoms with Gasteiger partial charge in [0.25, 0.3) is 0 Å². The van der Waals surface area contributed by atoms with E-state index in [1.807, 2.05) is 43.3 Å². The summed E-state index contributed by atoms with van der Waals surface area (Å²) in [5.41, 5.74) is 7.07. The summed E-state index contributed by atoms with van der Waals surface area (Å²) in [6.07, 6.45) is 0. The number of rotatable bonds is 2. The molecule has 0 saturated carbocycles. The molecule has 0 spiro atoms. The first-order chi connectivity index (χ1) is 13.0. The van der Waals surface area contributed by atoms with Crippen LogP contribution in [0.15, 0.2) is 66.7 Å². The van der Waals surface area contributed by atoms with Gasteiger partial charge in [-0.3, -0.25) is 0 Å². The summed E-state index contributed by atoms with van der Waals surface area (Å²) in [7, 11) is 2.08. The molecule has 0 fully saturated rings. The highest BCUT2D eigenvalue weighted by Gasteiger charge is 2.21. The number of hydrogen-bond donors (Lipinski definition) is 0. The van der Waals surface area contributed by atoms with Gasteiger partial charge in [0.05, 0.1) is 10.9 Å². The van der Waals surface area contributed by atoms with Gasteiger partial charge in [-0.05, 0) is 48.6 Å². The van der Waals surface area contributed by atoms with Crippen LogP contribution in [-0.2, 0) is 7.05 Å². The number of pyridine rings is 1. The smallest absolute Gasteiger partial charge is 0.206 e. The maximum absolute atomic E-state index is 14.8. The fourth-order valence-electron chi connectivity index (χ4n) is 3.79. The van der Waals surface area contributed by atoms with Crippen molar-refractivity contribution in [2.75, 3.05) is 0 Å². The molecule has 0 amide bonds. The third-order valence-electron chi connectivity index (χ3n) is 5.35. The van der Waals surface area contributed by atoms with Crippen molar-refractivity contribution in [1.82, 2.24) is 0 Å². The molecule has 4 aromatic rings. The average Bonchev–Trinajstić information content (AvgIpc) is 2.64. The molecule has 0 aliphatic carbocycles. The number of aromatic nitrogens is 1. The summed E-state index contributed by atoms with van der Waals surface area (Å²) in [5.74, 6) is -0.182. The lowest BCUT2D eigenvalue weighted by molar-refractivity contribution is -0.665. The molecule has 0 unspecified atom stereocenters. The minimum atomic E-state index is -0.182. The van der Waals surface area contributed by atoms with Crippen LogP contribution in [0.1, 0.15) is 16.8 Å². The molecular weight excluding hydrogens is 333 g/mol. The number of aryl methyl sites for hydroxylation is 3. The summed E-state index contributed by atoms with van der Waals surface area (Å²) in [6.45, 7) is 6.20. The predicted octanol–water partition coefficient (Wildman–Crippen LogP) is 6.06. The molecular formula is C25H23FN+. The van der Waals surface area contributed by atoms with Crippen molar-refractivity contribution in [3.8, 4) is 22.4 Å². The highest BCUT2D eigenvalue weighted by molar-refractivity contribution is 5.95. The number of fused-ring (bicyclic) bond motifs is 1. The Labute approximate surface area is 159 Å². The topological polar surface area (TPSA) is 3.88 Å². The number of benzene rings is 3. The fraction of sp³-hybridized carbons (Fsp3) is 0.160.